The molecule has 3 rings (SSSR count). The fraction of sp³-hybridized carbons (Fsp3) is 0.350. The number of ether oxygens (including phenoxy) is 4. The van der Waals surface area contributed by atoms with Crippen molar-refractivity contribution in [2.45, 2.75) is 44.2 Å². The van der Waals surface area contributed by atoms with Crippen molar-refractivity contribution in [3.8, 4) is 0 Å². The van der Waals surface area contributed by atoms with Crippen LogP contribution in [0.25, 0.3) is 0 Å². The van der Waals surface area contributed by atoms with Gasteiger partial charge in [-0.3, -0.25) is 0 Å². The molecule has 8 nitrogen and oxygen atoms in total. The van der Waals surface area contributed by atoms with E-state index < -0.39 is 35.4 Å². The Labute approximate surface area is 161 Å². The predicted octanol–water partition coefficient (Wildman–Crippen LogP) is 2.64. The van der Waals surface area contributed by atoms with Crippen LogP contribution in [0.15, 0.2) is 60.1 Å². The minimum absolute atomic E-state index is 0.0553. The minimum atomic E-state index is -1.44. The molecular weight excluding hydrogens is 368 g/mol. The van der Waals surface area contributed by atoms with E-state index in [2.05, 4.69) is 6.58 Å². The first-order chi connectivity index (χ1) is 13.3. The van der Waals surface area contributed by atoms with Crippen molar-refractivity contribution in [3.05, 3.63) is 60.1 Å². The maximum Gasteiger partial charge on any atom is 0.348 e. The number of carbonyl (C=O) groups excluding carboxylic acids is 3. The van der Waals surface area contributed by atoms with Gasteiger partial charge in [-0.2, -0.15) is 0 Å². The molecule has 0 radical (unpaired) electrons. The van der Waals surface area contributed by atoms with Crippen molar-refractivity contribution >= 4 is 17.9 Å². The molecule has 0 aromatic rings. The highest BCUT2D eigenvalue weighted by Crippen LogP contribution is 2.45. The Kier molecular flexibility index (Phi) is 5.13. The third-order valence-corrected chi connectivity index (χ3v) is 4.64. The van der Waals surface area contributed by atoms with Gasteiger partial charge in [0.05, 0.1) is 0 Å². The second-order valence-corrected chi connectivity index (χ2v) is 6.51. The zero-order valence-corrected chi connectivity index (χ0v) is 15.3. The molecule has 1 N–H and O–H groups in total. The topological polar surface area (TPSA) is 108 Å². The summed E-state index contributed by atoms with van der Waals surface area (Å²) in [7, 11) is 0. The Morgan fingerprint density at radius 1 is 0.893 bits per heavy atom. The molecule has 8 heteroatoms. The van der Waals surface area contributed by atoms with Crippen molar-refractivity contribution in [3.63, 3.8) is 0 Å². The lowest BCUT2D eigenvalue weighted by Gasteiger charge is -2.46. The molecule has 28 heavy (non-hydrogen) atoms. The fourth-order valence-electron chi connectivity index (χ4n) is 3.17. The highest BCUT2D eigenvalue weighted by Gasteiger charge is 2.55. The zero-order chi connectivity index (χ0) is 20.4. The SMILES string of the molecule is C=CC=CC1=C(O)OC2(CCC3(CC2)OC(=O)C(=CC=CC)C(=O)O3)OC1=O. The highest BCUT2D eigenvalue weighted by atomic mass is 16.8. The van der Waals surface area contributed by atoms with Crippen molar-refractivity contribution in [1.29, 1.82) is 0 Å². The Morgan fingerprint density at radius 2 is 1.43 bits per heavy atom. The number of allylic oxidation sites excluding steroid dienone is 5. The summed E-state index contributed by atoms with van der Waals surface area (Å²) < 4.78 is 21.6. The van der Waals surface area contributed by atoms with Gasteiger partial charge in [-0.1, -0.05) is 30.9 Å². The number of aliphatic hydroxyl groups excluding tert-OH is 1. The molecule has 0 aromatic carbocycles. The van der Waals surface area contributed by atoms with Gasteiger partial charge in [-0.25, -0.2) is 14.4 Å². The molecule has 0 amide bonds. The lowest BCUT2D eigenvalue weighted by Crippen LogP contribution is -2.54. The molecular formula is C20H20O8. The summed E-state index contributed by atoms with van der Waals surface area (Å²) in [5.41, 5.74) is -0.316. The molecule has 2 heterocycles. The average Bonchev–Trinajstić information content (AvgIpc) is 2.64. The van der Waals surface area contributed by atoms with E-state index >= 15 is 0 Å². The van der Waals surface area contributed by atoms with Gasteiger partial charge < -0.3 is 24.1 Å². The van der Waals surface area contributed by atoms with Crippen LogP contribution in [0.2, 0.25) is 0 Å². The molecule has 1 saturated carbocycles. The van der Waals surface area contributed by atoms with Gasteiger partial charge in [0.15, 0.2) is 0 Å². The second kappa shape index (κ2) is 7.38. The van der Waals surface area contributed by atoms with Gasteiger partial charge in [-0.05, 0) is 19.1 Å². The Balaban J connectivity index is 1.73. The maximum absolute atomic E-state index is 12.2. The summed E-state index contributed by atoms with van der Waals surface area (Å²) in [4.78, 5) is 36.6. The Bertz CT molecular complexity index is 812. The van der Waals surface area contributed by atoms with E-state index in [1.54, 1.807) is 13.0 Å². The van der Waals surface area contributed by atoms with Gasteiger partial charge in [0.2, 0.25) is 0 Å². The van der Waals surface area contributed by atoms with Crippen LogP contribution in [0.1, 0.15) is 32.6 Å². The van der Waals surface area contributed by atoms with Crippen LogP contribution in [0, 0.1) is 0 Å². The molecule has 148 valence electrons. The largest absolute Gasteiger partial charge is 0.480 e. The molecule has 1 aliphatic carbocycles. The van der Waals surface area contributed by atoms with E-state index in [4.69, 9.17) is 18.9 Å². The summed E-state index contributed by atoms with van der Waals surface area (Å²) in [5.74, 6) is -5.69. The number of aliphatic hydroxyl groups is 1. The minimum Gasteiger partial charge on any atom is -0.480 e. The van der Waals surface area contributed by atoms with Gasteiger partial charge in [0.1, 0.15) is 11.1 Å². The van der Waals surface area contributed by atoms with Gasteiger partial charge >= 0.3 is 17.9 Å². The first-order valence-corrected chi connectivity index (χ1v) is 8.78. The molecule has 1 saturated heterocycles. The molecule has 0 unspecified atom stereocenters. The van der Waals surface area contributed by atoms with E-state index in [1.165, 1.54) is 30.4 Å². The summed E-state index contributed by atoms with van der Waals surface area (Å²) >= 11 is 0. The monoisotopic (exact) mass is 388 g/mol. The number of hydrogen-bond acceptors (Lipinski definition) is 8. The van der Waals surface area contributed by atoms with Crippen molar-refractivity contribution in [2.24, 2.45) is 0 Å². The smallest absolute Gasteiger partial charge is 0.348 e. The van der Waals surface area contributed by atoms with Crippen molar-refractivity contribution < 1.29 is 38.4 Å². The lowest BCUT2D eigenvalue weighted by molar-refractivity contribution is -0.297. The predicted molar refractivity (Wildman–Crippen MR) is 95.2 cm³/mol. The van der Waals surface area contributed by atoms with Crippen LogP contribution in [0.4, 0.5) is 0 Å². The highest BCUT2D eigenvalue weighted by molar-refractivity contribution is 6.15. The van der Waals surface area contributed by atoms with Crippen LogP contribution in [-0.2, 0) is 33.3 Å². The first-order valence-electron chi connectivity index (χ1n) is 8.78. The standard InChI is InChI=1S/C20H20O8/c1-3-5-7-13-15(21)25-19(26-16(13)22)9-11-20(12-10-19)27-17(23)14(8-6-4-2)18(24)28-20/h3-8,21H,1,9-12H2,2H3. The number of carbonyl (C=O) groups is 3. The molecule has 3 aliphatic rings. The van der Waals surface area contributed by atoms with E-state index in [9.17, 15) is 19.5 Å². The summed E-state index contributed by atoms with van der Waals surface area (Å²) in [6, 6.07) is 0. The van der Waals surface area contributed by atoms with Crippen molar-refractivity contribution in [2.75, 3.05) is 0 Å². The van der Waals surface area contributed by atoms with Crippen molar-refractivity contribution in [1.82, 2.24) is 0 Å². The van der Waals surface area contributed by atoms with E-state index in [1.807, 2.05) is 0 Å². The van der Waals surface area contributed by atoms with Crippen LogP contribution < -0.4 is 0 Å². The van der Waals surface area contributed by atoms with Gasteiger partial charge in [0.25, 0.3) is 17.5 Å². The third-order valence-electron chi connectivity index (χ3n) is 4.64. The normalized spacial score (nSPS) is 30.5. The quantitative estimate of drug-likeness (QED) is 0.340. The fourth-order valence-corrected chi connectivity index (χ4v) is 3.17. The first kappa shape index (κ1) is 19.5. The molecule has 0 bridgehead atoms. The van der Waals surface area contributed by atoms with Crippen LogP contribution in [-0.4, -0.2) is 34.6 Å². The van der Waals surface area contributed by atoms with Gasteiger partial charge in [0, 0.05) is 25.7 Å². The summed E-state index contributed by atoms with van der Waals surface area (Å²) in [6.07, 6.45) is 8.99. The Morgan fingerprint density at radius 3 is 1.93 bits per heavy atom. The molecule has 2 spiro atoms. The summed E-state index contributed by atoms with van der Waals surface area (Å²) in [6.45, 7) is 5.23. The second-order valence-electron chi connectivity index (χ2n) is 6.51. The van der Waals surface area contributed by atoms with Crippen LogP contribution in [0.3, 0.4) is 0 Å². The molecule has 2 fully saturated rings. The lowest BCUT2D eigenvalue weighted by atomic mass is 9.87. The van der Waals surface area contributed by atoms with Gasteiger partial charge in [-0.15, -0.1) is 0 Å². The number of hydrogen-bond donors (Lipinski definition) is 1. The molecule has 0 aromatic heterocycles. The third kappa shape index (κ3) is 3.58. The van der Waals surface area contributed by atoms with Crippen LogP contribution in [0.5, 0.6) is 0 Å². The molecule has 0 atom stereocenters. The van der Waals surface area contributed by atoms with Crippen LogP contribution >= 0.6 is 0 Å². The average molecular weight is 388 g/mol. The number of rotatable bonds is 3. The summed E-state index contributed by atoms with van der Waals surface area (Å²) in [5, 5.41) is 10.1. The van der Waals surface area contributed by atoms with E-state index in [0.717, 1.165) is 0 Å². The van der Waals surface area contributed by atoms with E-state index in [0.29, 0.717) is 0 Å². The zero-order valence-electron chi connectivity index (χ0n) is 15.3. The van der Waals surface area contributed by atoms with E-state index in [-0.39, 0.29) is 36.8 Å². The number of esters is 3. The maximum atomic E-state index is 12.2. The Hall–Kier alpha value is -3.29. The molecule has 2 aliphatic heterocycles.